The minimum atomic E-state index is 0.0517. The van der Waals surface area contributed by atoms with Crippen molar-refractivity contribution in [2.75, 3.05) is 13.2 Å². The van der Waals surface area contributed by atoms with Gasteiger partial charge >= 0.3 is 0 Å². The summed E-state index contributed by atoms with van der Waals surface area (Å²) in [6, 6.07) is 7.84. The van der Waals surface area contributed by atoms with Gasteiger partial charge in [0.2, 0.25) is 0 Å². The maximum absolute atomic E-state index is 6.13. The standard InChI is InChI=1S/C15H20ClNO2/c1-4-17-13(9-18-10(2)3)14-8-11-6-5-7-12(16)15(11)19-14/h5-8,10,13,17H,4,9H2,1-3H3. The van der Waals surface area contributed by atoms with Crippen LogP contribution in [0.15, 0.2) is 28.7 Å². The van der Waals surface area contributed by atoms with Gasteiger partial charge in [-0.3, -0.25) is 0 Å². The molecule has 1 aromatic carbocycles. The number of halogens is 1. The normalized spacial score (nSPS) is 13.3. The van der Waals surface area contributed by atoms with E-state index < -0.39 is 0 Å². The number of furan rings is 1. The van der Waals surface area contributed by atoms with Gasteiger partial charge in [0.15, 0.2) is 5.58 Å². The molecule has 0 aliphatic rings. The van der Waals surface area contributed by atoms with E-state index in [-0.39, 0.29) is 12.1 Å². The van der Waals surface area contributed by atoms with Crippen LogP contribution >= 0.6 is 11.6 Å². The van der Waals surface area contributed by atoms with Crippen LogP contribution in [0.1, 0.15) is 32.6 Å². The molecule has 3 nitrogen and oxygen atoms in total. The molecule has 0 aliphatic carbocycles. The Bertz CT molecular complexity index is 536. The number of nitrogens with one attached hydrogen (secondary N) is 1. The number of hydrogen-bond donors (Lipinski definition) is 1. The van der Waals surface area contributed by atoms with Crippen LogP contribution in [0.25, 0.3) is 11.0 Å². The SMILES string of the molecule is CCNC(COC(C)C)c1cc2cccc(Cl)c2o1. The van der Waals surface area contributed by atoms with Gasteiger partial charge in [-0.2, -0.15) is 0 Å². The average Bonchev–Trinajstić information content (AvgIpc) is 2.79. The minimum Gasteiger partial charge on any atom is -0.458 e. The Balaban J connectivity index is 2.25. The molecule has 0 fully saturated rings. The summed E-state index contributed by atoms with van der Waals surface area (Å²) < 4.78 is 11.6. The highest BCUT2D eigenvalue weighted by Crippen LogP contribution is 2.29. The Morgan fingerprint density at radius 1 is 1.37 bits per heavy atom. The van der Waals surface area contributed by atoms with Gasteiger partial charge in [0.1, 0.15) is 5.76 Å². The molecule has 2 rings (SSSR count). The Labute approximate surface area is 118 Å². The summed E-state index contributed by atoms with van der Waals surface area (Å²) in [5, 5.41) is 5.04. The summed E-state index contributed by atoms with van der Waals surface area (Å²) in [4.78, 5) is 0. The van der Waals surface area contributed by atoms with Crippen LogP contribution in [0.3, 0.4) is 0 Å². The second-order valence-corrected chi connectivity index (χ2v) is 5.21. The maximum Gasteiger partial charge on any atom is 0.152 e. The number of benzene rings is 1. The Kier molecular flexibility index (Phi) is 4.86. The lowest BCUT2D eigenvalue weighted by atomic mass is 10.2. The van der Waals surface area contributed by atoms with Crippen molar-refractivity contribution >= 4 is 22.6 Å². The number of fused-ring (bicyclic) bond motifs is 1. The second-order valence-electron chi connectivity index (χ2n) is 4.80. The number of ether oxygens (including phenoxy) is 1. The van der Waals surface area contributed by atoms with E-state index in [1.165, 1.54) is 0 Å². The molecule has 1 atom stereocenters. The lowest BCUT2D eigenvalue weighted by Gasteiger charge is -2.17. The molecule has 1 N–H and O–H groups in total. The first-order valence-corrected chi connectivity index (χ1v) is 7.02. The monoisotopic (exact) mass is 281 g/mol. The van der Waals surface area contributed by atoms with E-state index in [1.807, 2.05) is 38.1 Å². The Hall–Kier alpha value is -1.03. The third-order valence-electron chi connectivity index (χ3n) is 2.91. The molecule has 4 heteroatoms. The third kappa shape index (κ3) is 3.50. The number of para-hydroxylation sites is 1. The first kappa shape index (κ1) is 14.4. The fraction of sp³-hybridized carbons (Fsp3) is 0.467. The zero-order valence-corrected chi connectivity index (χ0v) is 12.3. The van der Waals surface area contributed by atoms with Gasteiger partial charge in [-0.15, -0.1) is 0 Å². The number of rotatable bonds is 6. The van der Waals surface area contributed by atoms with Crippen molar-refractivity contribution in [3.63, 3.8) is 0 Å². The Morgan fingerprint density at radius 2 is 2.16 bits per heavy atom. The molecule has 104 valence electrons. The van der Waals surface area contributed by atoms with E-state index in [0.717, 1.165) is 23.3 Å². The molecule has 19 heavy (non-hydrogen) atoms. The molecule has 0 spiro atoms. The molecule has 0 radical (unpaired) electrons. The minimum absolute atomic E-state index is 0.0517. The van der Waals surface area contributed by atoms with Crippen LogP contribution in [0.2, 0.25) is 5.02 Å². The quantitative estimate of drug-likeness (QED) is 0.863. The summed E-state index contributed by atoms with van der Waals surface area (Å²) in [7, 11) is 0. The molecule has 1 unspecified atom stereocenters. The zero-order valence-electron chi connectivity index (χ0n) is 11.6. The predicted molar refractivity (Wildman–Crippen MR) is 78.7 cm³/mol. The van der Waals surface area contributed by atoms with Crippen LogP contribution in [-0.4, -0.2) is 19.3 Å². The average molecular weight is 282 g/mol. The number of likely N-dealkylation sites (N-methyl/N-ethyl adjacent to an activating group) is 1. The van der Waals surface area contributed by atoms with E-state index >= 15 is 0 Å². The molecule has 2 aromatic rings. The van der Waals surface area contributed by atoms with Gasteiger partial charge in [0.25, 0.3) is 0 Å². The molecule has 1 heterocycles. The van der Waals surface area contributed by atoms with Crippen LogP contribution in [0, 0.1) is 0 Å². The highest BCUT2D eigenvalue weighted by atomic mass is 35.5. The van der Waals surface area contributed by atoms with Crippen molar-refractivity contribution in [1.82, 2.24) is 5.32 Å². The maximum atomic E-state index is 6.13. The van der Waals surface area contributed by atoms with E-state index in [1.54, 1.807) is 0 Å². The summed E-state index contributed by atoms with van der Waals surface area (Å²) >= 11 is 6.13. The largest absolute Gasteiger partial charge is 0.458 e. The van der Waals surface area contributed by atoms with E-state index in [2.05, 4.69) is 12.2 Å². The zero-order chi connectivity index (χ0) is 13.8. The van der Waals surface area contributed by atoms with Gasteiger partial charge in [-0.25, -0.2) is 0 Å². The van der Waals surface area contributed by atoms with E-state index in [0.29, 0.717) is 11.6 Å². The first-order valence-electron chi connectivity index (χ1n) is 6.64. The molecule has 0 saturated heterocycles. The molecular weight excluding hydrogens is 262 g/mol. The van der Waals surface area contributed by atoms with Gasteiger partial charge in [0.05, 0.1) is 23.8 Å². The van der Waals surface area contributed by atoms with E-state index in [4.69, 9.17) is 20.8 Å². The van der Waals surface area contributed by atoms with Crippen molar-refractivity contribution in [3.05, 3.63) is 35.0 Å². The second kappa shape index (κ2) is 6.42. The lowest BCUT2D eigenvalue weighted by Crippen LogP contribution is -2.26. The Morgan fingerprint density at radius 3 is 2.79 bits per heavy atom. The molecule has 0 aliphatic heterocycles. The number of hydrogen-bond acceptors (Lipinski definition) is 3. The topological polar surface area (TPSA) is 34.4 Å². The first-order chi connectivity index (χ1) is 9.11. The van der Waals surface area contributed by atoms with E-state index in [9.17, 15) is 0 Å². The van der Waals surface area contributed by atoms with Crippen molar-refractivity contribution < 1.29 is 9.15 Å². The molecule has 0 saturated carbocycles. The summed E-state index contributed by atoms with van der Waals surface area (Å²) in [5.74, 6) is 0.866. The van der Waals surface area contributed by atoms with Crippen LogP contribution in [-0.2, 0) is 4.74 Å². The molecule has 0 amide bonds. The molecular formula is C15H20ClNO2. The highest BCUT2D eigenvalue weighted by molar-refractivity contribution is 6.34. The van der Waals surface area contributed by atoms with Crippen molar-refractivity contribution in [2.24, 2.45) is 0 Å². The third-order valence-corrected chi connectivity index (χ3v) is 3.20. The van der Waals surface area contributed by atoms with Gasteiger partial charge in [-0.05, 0) is 32.5 Å². The van der Waals surface area contributed by atoms with Crippen LogP contribution in [0.4, 0.5) is 0 Å². The van der Waals surface area contributed by atoms with Crippen molar-refractivity contribution in [2.45, 2.75) is 32.9 Å². The lowest BCUT2D eigenvalue weighted by molar-refractivity contribution is 0.0575. The smallest absolute Gasteiger partial charge is 0.152 e. The van der Waals surface area contributed by atoms with Crippen LogP contribution < -0.4 is 5.32 Å². The van der Waals surface area contributed by atoms with Crippen LogP contribution in [0.5, 0.6) is 0 Å². The fourth-order valence-electron chi connectivity index (χ4n) is 2.00. The highest BCUT2D eigenvalue weighted by Gasteiger charge is 2.17. The fourth-order valence-corrected chi connectivity index (χ4v) is 2.22. The van der Waals surface area contributed by atoms with Gasteiger partial charge in [-0.1, -0.05) is 30.7 Å². The summed E-state index contributed by atoms with van der Waals surface area (Å²) in [6.45, 7) is 7.56. The van der Waals surface area contributed by atoms with Crippen molar-refractivity contribution in [1.29, 1.82) is 0 Å². The van der Waals surface area contributed by atoms with Gasteiger partial charge in [0, 0.05) is 5.39 Å². The summed E-state index contributed by atoms with van der Waals surface area (Å²) in [6.07, 6.45) is 0.203. The summed E-state index contributed by atoms with van der Waals surface area (Å²) in [5.41, 5.74) is 0.742. The van der Waals surface area contributed by atoms with Crippen molar-refractivity contribution in [3.8, 4) is 0 Å². The van der Waals surface area contributed by atoms with Gasteiger partial charge < -0.3 is 14.5 Å². The molecule has 0 bridgehead atoms. The molecule has 1 aromatic heterocycles. The predicted octanol–water partition coefficient (Wildman–Crippen LogP) is 4.16.